The number of halogens is 3. The van der Waals surface area contributed by atoms with Crippen LogP contribution in [0, 0.1) is 5.41 Å². The lowest BCUT2D eigenvalue weighted by atomic mass is 9.77. The van der Waals surface area contributed by atoms with Crippen molar-refractivity contribution in [2.45, 2.75) is 44.7 Å². The molecule has 6 heteroatoms. The van der Waals surface area contributed by atoms with Gasteiger partial charge in [0.05, 0.1) is 0 Å². The molecule has 1 aliphatic carbocycles. The molecule has 3 nitrogen and oxygen atoms in total. The summed E-state index contributed by atoms with van der Waals surface area (Å²) in [7, 11) is 0. The number of alkyl halides is 3. The SMILES string of the molecule is O=C(NCC(F)(F)F)N1CCC2(CCCC2)CC1. The number of urea groups is 1. The summed E-state index contributed by atoms with van der Waals surface area (Å²) in [4.78, 5) is 13.1. The van der Waals surface area contributed by atoms with Crippen LogP contribution in [0.2, 0.25) is 0 Å². The lowest BCUT2D eigenvalue weighted by Crippen LogP contribution is -2.48. The Morgan fingerprint density at radius 2 is 1.67 bits per heavy atom. The first-order chi connectivity index (χ1) is 8.40. The molecule has 0 aromatic carbocycles. The van der Waals surface area contributed by atoms with Crippen LogP contribution in [0.1, 0.15) is 38.5 Å². The van der Waals surface area contributed by atoms with Crippen molar-refractivity contribution >= 4 is 6.03 Å². The Morgan fingerprint density at radius 1 is 1.11 bits per heavy atom. The van der Waals surface area contributed by atoms with Crippen molar-refractivity contribution in [2.24, 2.45) is 5.41 Å². The van der Waals surface area contributed by atoms with Crippen molar-refractivity contribution in [2.75, 3.05) is 19.6 Å². The van der Waals surface area contributed by atoms with Crippen molar-refractivity contribution < 1.29 is 18.0 Å². The second-order valence-electron chi connectivity index (χ2n) is 5.47. The molecule has 2 amide bonds. The van der Waals surface area contributed by atoms with Gasteiger partial charge in [-0.15, -0.1) is 0 Å². The van der Waals surface area contributed by atoms with E-state index in [9.17, 15) is 18.0 Å². The van der Waals surface area contributed by atoms with Gasteiger partial charge in [-0.2, -0.15) is 13.2 Å². The predicted octanol–water partition coefficient (Wildman–Crippen LogP) is 2.91. The van der Waals surface area contributed by atoms with E-state index in [2.05, 4.69) is 0 Å². The molecule has 0 atom stereocenters. The zero-order chi connectivity index (χ0) is 13.2. The third-order valence-electron chi connectivity index (χ3n) is 4.22. The maximum atomic E-state index is 12.0. The summed E-state index contributed by atoms with van der Waals surface area (Å²) >= 11 is 0. The standard InChI is InChI=1S/C12H19F3N2O/c13-12(14,15)9-16-10(18)17-7-5-11(6-8-17)3-1-2-4-11/h1-9H2,(H,16,18). The average Bonchev–Trinajstić information content (AvgIpc) is 2.75. The van der Waals surface area contributed by atoms with Crippen LogP contribution >= 0.6 is 0 Å². The first-order valence-corrected chi connectivity index (χ1v) is 6.50. The van der Waals surface area contributed by atoms with Gasteiger partial charge in [-0.25, -0.2) is 4.79 Å². The molecule has 1 heterocycles. The molecule has 0 aromatic heterocycles. The van der Waals surface area contributed by atoms with E-state index in [0.717, 1.165) is 12.8 Å². The second kappa shape index (κ2) is 4.97. The highest BCUT2D eigenvalue weighted by Crippen LogP contribution is 2.46. The Kier molecular flexibility index (Phi) is 3.73. The minimum atomic E-state index is -4.34. The van der Waals surface area contributed by atoms with E-state index in [1.807, 2.05) is 5.32 Å². The molecule has 2 rings (SSSR count). The van der Waals surface area contributed by atoms with Gasteiger partial charge < -0.3 is 10.2 Å². The summed E-state index contributed by atoms with van der Waals surface area (Å²) in [6.45, 7) is -0.0686. The lowest BCUT2D eigenvalue weighted by molar-refractivity contribution is -0.123. The van der Waals surface area contributed by atoms with Crippen LogP contribution in [-0.2, 0) is 0 Å². The average molecular weight is 264 g/mol. The highest BCUT2D eigenvalue weighted by molar-refractivity contribution is 5.74. The number of carbonyl (C=O) groups excluding carboxylic acids is 1. The zero-order valence-electron chi connectivity index (χ0n) is 10.4. The van der Waals surface area contributed by atoms with Crippen LogP contribution in [0.5, 0.6) is 0 Å². The van der Waals surface area contributed by atoms with Gasteiger partial charge in [-0.3, -0.25) is 0 Å². The molecule has 104 valence electrons. The molecular weight excluding hydrogens is 245 g/mol. The van der Waals surface area contributed by atoms with E-state index in [-0.39, 0.29) is 0 Å². The summed E-state index contributed by atoms with van der Waals surface area (Å²) in [5, 5.41) is 1.93. The number of amides is 2. The Bertz CT molecular complexity index is 301. The number of likely N-dealkylation sites (tertiary alicyclic amines) is 1. The van der Waals surface area contributed by atoms with E-state index in [4.69, 9.17) is 0 Å². The van der Waals surface area contributed by atoms with E-state index in [1.54, 1.807) is 0 Å². The highest BCUT2D eigenvalue weighted by atomic mass is 19.4. The molecule has 1 N–H and O–H groups in total. The van der Waals surface area contributed by atoms with Crippen LogP contribution in [0.25, 0.3) is 0 Å². The molecule has 0 unspecified atom stereocenters. The summed E-state index contributed by atoms with van der Waals surface area (Å²) in [5.41, 5.74) is 0.376. The number of piperidine rings is 1. The monoisotopic (exact) mass is 264 g/mol. The van der Waals surface area contributed by atoms with Gasteiger partial charge in [-0.1, -0.05) is 12.8 Å². The summed E-state index contributed by atoms with van der Waals surface area (Å²) in [6, 6.07) is -0.583. The van der Waals surface area contributed by atoms with Crippen molar-refractivity contribution in [3.05, 3.63) is 0 Å². The van der Waals surface area contributed by atoms with Gasteiger partial charge in [0.15, 0.2) is 0 Å². The van der Waals surface area contributed by atoms with Gasteiger partial charge >= 0.3 is 12.2 Å². The fourth-order valence-corrected chi connectivity index (χ4v) is 3.10. The molecule has 2 aliphatic rings. The normalized spacial score (nSPS) is 23.4. The molecule has 1 saturated carbocycles. The Morgan fingerprint density at radius 3 is 2.17 bits per heavy atom. The number of hydrogen-bond donors (Lipinski definition) is 1. The molecule has 1 saturated heterocycles. The number of carbonyl (C=O) groups is 1. The van der Waals surface area contributed by atoms with E-state index in [1.165, 1.54) is 30.6 Å². The van der Waals surface area contributed by atoms with Crippen LogP contribution in [0.15, 0.2) is 0 Å². The fourth-order valence-electron chi connectivity index (χ4n) is 3.10. The zero-order valence-corrected chi connectivity index (χ0v) is 10.4. The molecule has 18 heavy (non-hydrogen) atoms. The minimum Gasteiger partial charge on any atom is -0.329 e. The van der Waals surface area contributed by atoms with Crippen LogP contribution in [0.4, 0.5) is 18.0 Å². The van der Waals surface area contributed by atoms with Gasteiger partial charge in [0.1, 0.15) is 6.54 Å². The van der Waals surface area contributed by atoms with Gasteiger partial charge in [-0.05, 0) is 31.1 Å². The Balaban J connectivity index is 1.77. The number of nitrogens with zero attached hydrogens (tertiary/aromatic N) is 1. The number of rotatable bonds is 1. The van der Waals surface area contributed by atoms with Crippen LogP contribution in [0.3, 0.4) is 0 Å². The van der Waals surface area contributed by atoms with Crippen LogP contribution in [-0.4, -0.2) is 36.7 Å². The highest BCUT2D eigenvalue weighted by Gasteiger charge is 2.38. The fraction of sp³-hybridized carbons (Fsp3) is 0.917. The summed E-state index contributed by atoms with van der Waals surface area (Å²) < 4.78 is 36.0. The quantitative estimate of drug-likeness (QED) is 0.776. The Labute approximate surface area is 105 Å². The van der Waals surface area contributed by atoms with Crippen molar-refractivity contribution in [3.63, 3.8) is 0 Å². The molecule has 0 radical (unpaired) electrons. The molecule has 1 aliphatic heterocycles. The first kappa shape index (κ1) is 13.5. The molecule has 0 bridgehead atoms. The molecule has 2 fully saturated rings. The lowest BCUT2D eigenvalue weighted by Gasteiger charge is -2.39. The summed E-state index contributed by atoms with van der Waals surface area (Å²) in [6.07, 6.45) is 2.47. The maximum absolute atomic E-state index is 12.0. The van der Waals surface area contributed by atoms with Gasteiger partial charge in [0.25, 0.3) is 0 Å². The second-order valence-corrected chi connectivity index (χ2v) is 5.47. The minimum absolute atomic E-state index is 0.376. The maximum Gasteiger partial charge on any atom is 0.405 e. The van der Waals surface area contributed by atoms with Gasteiger partial charge in [0.2, 0.25) is 0 Å². The number of hydrogen-bond acceptors (Lipinski definition) is 1. The summed E-state index contributed by atoms with van der Waals surface area (Å²) in [5.74, 6) is 0. The Hall–Kier alpha value is -0.940. The molecule has 0 aromatic rings. The van der Waals surface area contributed by atoms with E-state index in [0.29, 0.717) is 18.5 Å². The largest absolute Gasteiger partial charge is 0.405 e. The smallest absolute Gasteiger partial charge is 0.329 e. The molecular formula is C12H19F3N2O. The van der Waals surface area contributed by atoms with Crippen LogP contribution < -0.4 is 5.32 Å². The third-order valence-corrected chi connectivity index (χ3v) is 4.22. The van der Waals surface area contributed by atoms with Crippen molar-refractivity contribution in [3.8, 4) is 0 Å². The van der Waals surface area contributed by atoms with Gasteiger partial charge in [0, 0.05) is 13.1 Å². The molecule has 1 spiro atoms. The van der Waals surface area contributed by atoms with Crippen molar-refractivity contribution in [1.82, 2.24) is 10.2 Å². The van der Waals surface area contributed by atoms with E-state index < -0.39 is 18.8 Å². The predicted molar refractivity (Wildman–Crippen MR) is 61.2 cm³/mol. The first-order valence-electron chi connectivity index (χ1n) is 6.50. The third kappa shape index (κ3) is 3.29. The number of nitrogens with one attached hydrogen (secondary N) is 1. The van der Waals surface area contributed by atoms with E-state index >= 15 is 0 Å². The topological polar surface area (TPSA) is 32.3 Å². The van der Waals surface area contributed by atoms with Crippen molar-refractivity contribution in [1.29, 1.82) is 0 Å².